The molecule has 0 aliphatic carbocycles. The minimum atomic E-state index is -4.13. The standard InChI is InChI=1S/C20H23N3O7S/c1-4-30-20(25)12-10-18(24)15(3)22-13-16(23(26)27)7-11-19(22)21-31(28,29)17-8-5-14(2)6-9-17/h5-9,11,13,15H,4,10,12H2,1-3H3. The number of carbonyl (C=O) groups excluding carboxylic acids is 2. The zero-order valence-corrected chi connectivity index (χ0v) is 18.2. The summed E-state index contributed by atoms with van der Waals surface area (Å²) in [6.07, 6.45) is 0.733. The van der Waals surface area contributed by atoms with E-state index in [0.717, 1.165) is 22.4 Å². The van der Waals surface area contributed by atoms with E-state index in [0.29, 0.717) is 0 Å². The van der Waals surface area contributed by atoms with E-state index >= 15 is 0 Å². The van der Waals surface area contributed by atoms with Gasteiger partial charge in [0.05, 0.1) is 35.1 Å². The molecule has 11 heteroatoms. The summed E-state index contributed by atoms with van der Waals surface area (Å²) in [4.78, 5) is 34.6. The SMILES string of the molecule is CCOC(=O)CCC(=O)C(C)n1cc([N+](=O)[O-])ccc1=NS(=O)(=O)c1ccc(C)cc1. The van der Waals surface area contributed by atoms with Crippen LogP contribution in [0.1, 0.15) is 38.3 Å². The molecule has 166 valence electrons. The van der Waals surface area contributed by atoms with Crippen molar-refractivity contribution in [1.82, 2.24) is 4.57 Å². The molecule has 0 N–H and O–H groups in total. The number of benzene rings is 1. The van der Waals surface area contributed by atoms with Gasteiger partial charge in [0.1, 0.15) is 5.49 Å². The monoisotopic (exact) mass is 449 g/mol. The Morgan fingerprint density at radius 3 is 2.39 bits per heavy atom. The number of aromatic nitrogens is 1. The third kappa shape index (κ3) is 6.32. The highest BCUT2D eigenvalue weighted by atomic mass is 32.2. The Balaban J connectivity index is 2.48. The normalized spacial score (nSPS) is 12.9. The van der Waals surface area contributed by atoms with Crippen LogP contribution >= 0.6 is 0 Å². The number of Topliss-reactive ketones (excluding diaryl/α,β-unsaturated/α-hetero) is 1. The van der Waals surface area contributed by atoms with Gasteiger partial charge in [0.25, 0.3) is 15.7 Å². The number of rotatable bonds is 9. The first-order chi connectivity index (χ1) is 14.5. The fourth-order valence-electron chi connectivity index (χ4n) is 2.70. The molecule has 0 saturated carbocycles. The van der Waals surface area contributed by atoms with Crippen LogP contribution in [0.3, 0.4) is 0 Å². The molecule has 31 heavy (non-hydrogen) atoms. The van der Waals surface area contributed by atoms with Crippen LogP contribution < -0.4 is 5.49 Å². The van der Waals surface area contributed by atoms with Crippen molar-refractivity contribution in [2.75, 3.05) is 6.61 Å². The Kier molecular flexibility index (Phi) is 7.81. The van der Waals surface area contributed by atoms with Crippen molar-refractivity contribution in [3.05, 3.63) is 63.8 Å². The predicted octanol–water partition coefficient (Wildman–Crippen LogP) is 2.47. The molecule has 2 rings (SSSR count). The van der Waals surface area contributed by atoms with Crippen LogP contribution in [-0.4, -0.2) is 36.3 Å². The summed E-state index contributed by atoms with van der Waals surface area (Å²) in [7, 11) is -4.13. The molecule has 0 aliphatic heterocycles. The molecule has 0 bridgehead atoms. The summed E-state index contributed by atoms with van der Waals surface area (Å²) in [6, 6.07) is 7.31. The van der Waals surface area contributed by atoms with Gasteiger partial charge in [0.15, 0.2) is 5.78 Å². The fourth-order valence-corrected chi connectivity index (χ4v) is 3.69. The summed E-state index contributed by atoms with van der Waals surface area (Å²) in [6.45, 7) is 5.09. The van der Waals surface area contributed by atoms with Gasteiger partial charge in [-0.15, -0.1) is 4.40 Å². The molecule has 2 aromatic rings. The van der Waals surface area contributed by atoms with Crippen LogP contribution in [0.4, 0.5) is 5.69 Å². The summed E-state index contributed by atoms with van der Waals surface area (Å²) in [5.41, 5.74) is 0.380. The highest BCUT2D eigenvalue weighted by Crippen LogP contribution is 2.16. The van der Waals surface area contributed by atoms with Crippen LogP contribution in [0, 0.1) is 17.0 Å². The average molecular weight is 449 g/mol. The van der Waals surface area contributed by atoms with E-state index in [1.807, 2.05) is 0 Å². The lowest BCUT2D eigenvalue weighted by Gasteiger charge is -2.15. The minimum Gasteiger partial charge on any atom is -0.466 e. The second-order valence-electron chi connectivity index (χ2n) is 6.74. The molecule has 1 aromatic carbocycles. The number of pyridine rings is 1. The zero-order chi connectivity index (χ0) is 23.2. The molecular formula is C20H23N3O7S. The molecule has 0 spiro atoms. The Morgan fingerprint density at radius 2 is 1.81 bits per heavy atom. The molecule has 0 amide bonds. The number of carbonyl (C=O) groups is 2. The smallest absolute Gasteiger partial charge is 0.306 e. The van der Waals surface area contributed by atoms with E-state index in [9.17, 15) is 28.1 Å². The third-order valence-corrected chi connectivity index (χ3v) is 5.74. The van der Waals surface area contributed by atoms with Crippen molar-refractivity contribution in [1.29, 1.82) is 0 Å². The lowest BCUT2D eigenvalue weighted by Crippen LogP contribution is -2.29. The number of ketones is 1. The summed E-state index contributed by atoms with van der Waals surface area (Å²) in [5.74, 6) is -0.971. The highest BCUT2D eigenvalue weighted by Gasteiger charge is 2.21. The summed E-state index contributed by atoms with van der Waals surface area (Å²) in [5, 5.41) is 11.2. The van der Waals surface area contributed by atoms with Crippen molar-refractivity contribution in [2.24, 2.45) is 4.40 Å². The van der Waals surface area contributed by atoms with E-state index in [-0.39, 0.29) is 35.5 Å². The predicted molar refractivity (Wildman–Crippen MR) is 111 cm³/mol. The Labute approximate surface area is 179 Å². The molecule has 0 radical (unpaired) electrons. The molecule has 1 unspecified atom stereocenters. The molecule has 1 atom stereocenters. The van der Waals surface area contributed by atoms with Gasteiger partial charge in [0.2, 0.25) is 0 Å². The van der Waals surface area contributed by atoms with Gasteiger partial charge in [-0.3, -0.25) is 19.7 Å². The second-order valence-corrected chi connectivity index (χ2v) is 8.34. The van der Waals surface area contributed by atoms with E-state index in [1.54, 1.807) is 26.0 Å². The number of nitrogens with zero attached hydrogens (tertiary/aromatic N) is 3. The molecule has 1 heterocycles. The van der Waals surface area contributed by atoms with Crippen LogP contribution in [-0.2, 0) is 24.3 Å². The number of esters is 1. The maximum atomic E-state index is 12.7. The Bertz CT molecular complexity index is 1150. The number of sulfonamides is 1. The maximum absolute atomic E-state index is 12.7. The Hall–Kier alpha value is -3.34. The van der Waals surface area contributed by atoms with E-state index in [4.69, 9.17) is 4.74 Å². The number of hydrogen-bond donors (Lipinski definition) is 0. The molecular weight excluding hydrogens is 426 g/mol. The highest BCUT2D eigenvalue weighted by molar-refractivity contribution is 7.90. The summed E-state index contributed by atoms with van der Waals surface area (Å²) < 4.78 is 35.1. The van der Waals surface area contributed by atoms with Crippen molar-refractivity contribution >= 4 is 27.5 Å². The van der Waals surface area contributed by atoms with Crippen LogP contribution in [0.5, 0.6) is 0 Å². The largest absolute Gasteiger partial charge is 0.466 e. The first-order valence-electron chi connectivity index (χ1n) is 9.47. The van der Waals surface area contributed by atoms with Gasteiger partial charge in [-0.1, -0.05) is 17.7 Å². The molecule has 0 fully saturated rings. The number of ether oxygens (including phenoxy) is 1. The second kappa shape index (κ2) is 10.1. The van der Waals surface area contributed by atoms with E-state index in [2.05, 4.69) is 4.40 Å². The van der Waals surface area contributed by atoms with Crippen molar-refractivity contribution in [2.45, 2.75) is 44.6 Å². The van der Waals surface area contributed by atoms with Gasteiger partial charge in [-0.05, 0) is 39.0 Å². The molecule has 0 saturated heterocycles. The summed E-state index contributed by atoms with van der Waals surface area (Å²) >= 11 is 0. The third-order valence-electron chi connectivity index (χ3n) is 4.45. The Morgan fingerprint density at radius 1 is 1.16 bits per heavy atom. The molecule has 1 aromatic heterocycles. The van der Waals surface area contributed by atoms with Crippen molar-refractivity contribution in [3.8, 4) is 0 Å². The first-order valence-corrected chi connectivity index (χ1v) is 10.9. The molecule has 10 nitrogen and oxygen atoms in total. The maximum Gasteiger partial charge on any atom is 0.306 e. The zero-order valence-electron chi connectivity index (χ0n) is 17.3. The number of aryl methyl sites for hydroxylation is 1. The minimum absolute atomic E-state index is 0.0516. The van der Waals surface area contributed by atoms with E-state index in [1.165, 1.54) is 25.1 Å². The van der Waals surface area contributed by atoms with Crippen molar-refractivity contribution in [3.63, 3.8) is 0 Å². The lowest BCUT2D eigenvalue weighted by atomic mass is 10.1. The average Bonchev–Trinajstić information content (AvgIpc) is 2.72. The number of hydrogen-bond acceptors (Lipinski definition) is 7. The fraction of sp³-hybridized carbons (Fsp3) is 0.350. The van der Waals surface area contributed by atoms with Crippen LogP contribution in [0.2, 0.25) is 0 Å². The topological polar surface area (TPSA) is 138 Å². The number of nitro groups is 1. The van der Waals surface area contributed by atoms with Gasteiger partial charge < -0.3 is 9.30 Å². The van der Waals surface area contributed by atoms with E-state index < -0.39 is 32.7 Å². The lowest BCUT2D eigenvalue weighted by molar-refractivity contribution is -0.385. The molecule has 0 aliphatic rings. The van der Waals surface area contributed by atoms with Gasteiger partial charge in [0, 0.05) is 12.5 Å². The van der Waals surface area contributed by atoms with Crippen LogP contribution in [0.15, 0.2) is 51.9 Å². The van der Waals surface area contributed by atoms with Crippen molar-refractivity contribution < 1.29 is 27.7 Å². The first kappa shape index (κ1) is 23.9. The van der Waals surface area contributed by atoms with Gasteiger partial charge in [-0.25, -0.2) is 0 Å². The quantitative estimate of drug-likeness (QED) is 0.326. The van der Waals surface area contributed by atoms with Gasteiger partial charge in [-0.2, -0.15) is 8.42 Å². The van der Waals surface area contributed by atoms with Crippen LogP contribution in [0.25, 0.3) is 0 Å². The van der Waals surface area contributed by atoms with Gasteiger partial charge >= 0.3 is 5.97 Å².